The van der Waals surface area contributed by atoms with E-state index in [2.05, 4.69) is 5.32 Å². The SMILES string of the molecule is CC(C)(C)OC(=O)NCC1(CC(=O)O)CCOc2ccccc21. The Hall–Kier alpha value is -2.24. The number of hydrogen-bond acceptors (Lipinski definition) is 4. The predicted octanol–water partition coefficient (Wildman–Crippen LogP) is 2.71. The molecule has 1 aromatic carbocycles. The van der Waals surface area contributed by atoms with E-state index in [1.54, 1.807) is 20.8 Å². The van der Waals surface area contributed by atoms with E-state index < -0.39 is 23.1 Å². The Morgan fingerprint density at radius 1 is 1.35 bits per heavy atom. The number of rotatable bonds is 4. The number of carboxylic acid groups (broad SMARTS) is 1. The summed E-state index contributed by atoms with van der Waals surface area (Å²) in [5.74, 6) is -0.237. The minimum absolute atomic E-state index is 0.0802. The number of para-hydroxylation sites is 1. The van der Waals surface area contributed by atoms with Gasteiger partial charge in [0.2, 0.25) is 0 Å². The molecule has 0 aromatic heterocycles. The van der Waals surface area contributed by atoms with Crippen molar-refractivity contribution in [1.82, 2.24) is 5.32 Å². The van der Waals surface area contributed by atoms with Crippen molar-refractivity contribution in [3.8, 4) is 5.75 Å². The zero-order valence-corrected chi connectivity index (χ0v) is 13.7. The lowest BCUT2D eigenvalue weighted by Crippen LogP contribution is -2.46. The van der Waals surface area contributed by atoms with Gasteiger partial charge in [0.05, 0.1) is 13.0 Å². The Kier molecular flexibility index (Phi) is 4.82. The van der Waals surface area contributed by atoms with Crippen LogP contribution in [0.1, 0.15) is 39.2 Å². The minimum atomic E-state index is -0.910. The molecule has 0 radical (unpaired) electrons. The van der Waals surface area contributed by atoms with Crippen molar-refractivity contribution < 1.29 is 24.2 Å². The van der Waals surface area contributed by atoms with Gasteiger partial charge in [0, 0.05) is 17.5 Å². The third-order valence-electron chi connectivity index (χ3n) is 3.76. The molecule has 1 amide bonds. The topological polar surface area (TPSA) is 84.9 Å². The van der Waals surface area contributed by atoms with Gasteiger partial charge in [-0.15, -0.1) is 0 Å². The summed E-state index contributed by atoms with van der Waals surface area (Å²) in [5, 5.41) is 12.0. The molecular formula is C17H23NO5. The molecule has 1 unspecified atom stereocenters. The fourth-order valence-electron chi connectivity index (χ4n) is 2.80. The Bertz CT molecular complexity index is 593. The van der Waals surface area contributed by atoms with Crippen molar-refractivity contribution in [2.24, 2.45) is 0 Å². The number of carbonyl (C=O) groups is 2. The molecule has 1 atom stereocenters. The molecule has 0 spiro atoms. The molecule has 6 nitrogen and oxygen atoms in total. The van der Waals surface area contributed by atoms with Gasteiger partial charge in [0.25, 0.3) is 0 Å². The van der Waals surface area contributed by atoms with Crippen molar-refractivity contribution in [3.05, 3.63) is 29.8 Å². The standard InChI is InChI=1S/C17H23NO5/c1-16(2,3)23-15(21)18-11-17(10-14(19)20)8-9-22-13-7-5-4-6-12(13)17/h4-7H,8-11H2,1-3H3,(H,18,21)(H,19,20). The number of nitrogens with one attached hydrogen (secondary N) is 1. The first-order valence-corrected chi connectivity index (χ1v) is 7.63. The number of carbonyl (C=O) groups excluding carboxylic acids is 1. The molecule has 126 valence electrons. The van der Waals surface area contributed by atoms with Crippen LogP contribution in [0.2, 0.25) is 0 Å². The summed E-state index contributed by atoms with van der Waals surface area (Å²) in [4.78, 5) is 23.3. The maximum atomic E-state index is 11.9. The quantitative estimate of drug-likeness (QED) is 0.890. The maximum absolute atomic E-state index is 11.9. The first kappa shape index (κ1) is 17.1. The minimum Gasteiger partial charge on any atom is -0.493 e. The summed E-state index contributed by atoms with van der Waals surface area (Å²) in [6.45, 7) is 5.95. The van der Waals surface area contributed by atoms with E-state index >= 15 is 0 Å². The van der Waals surface area contributed by atoms with Crippen molar-refractivity contribution >= 4 is 12.1 Å². The second-order valence-corrected chi connectivity index (χ2v) is 6.80. The molecule has 1 aliphatic heterocycles. The third-order valence-corrected chi connectivity index (χ3v) is 3.76. The van der Waals surface area contributed by atoms with Crippen LogP contribution >= 0.6 is 0 Å². The lowest BCUT2D eigenvalue weighted by molar-refractivity contribution is -0.138. The molecule has 2 N–H and O–H groups in total. The molecular weight excluding hydrogens is 298 g/mol. The van der Waals surface area contributed by atoms with Crippen molar-refractivity contribution in [1.29, 1.82) is 0 Å². The van der Waals surface area contributed by atoms with E-state index in [0.717, 1.165) is 5.56 Å². The van der Waals surface area contributed by atoms with Crippen molar-refractivity contribution in [2.75, 3.05) is 13.2 Å². The number of fused-ring (bicyclic) bond motifs is 1. The van der Waals surface area contributed by atoms with Crippen LogP contribution in [-0.4, -0.2) is 35.9 Å². The largest absolute Gasteiger partial charge is 0.493 e. The van der Waals surface area contributed by atoms with Crippen LogP contribution in [-0.2, 0) is 14.9 Å². The van der Waals surface area contributed by atoms with E-state index in [-0.39, 0.29) is 13.0 Å². The zero-order valence-electron chi connectivity index (χ0n) is 13.7. The summed E-state index contributed by atoms with van der Waals surface area (Å²) in [6.07, 6.45) is -0.110. The van der Waals surface area contributed by atoms with Gasteiger partial charge in [0.15, 0.2) is 0 Å². The molecule has 1 aliphatic rings. The fourth-order valence-corrected chi connectivity index (χ4v) is 2.80. The molecule has 1 aromatic rings. The van der Waals surface area contributed by atoms with Crippen LogP contribution in [0, 0.1) is 0 Å². The smallest absolute Gasteiger partial charge is 0.407 e. The number of ether oxygens (including phenoxy) is 2. The fraction of sp³-hybridized carbons (Fsp3) is 0.529. The zero-order chi connectivity index (χ0) is 17.1. The molecule has 0 fully saturated rings. The van der Waals surface area contributed by atoms with Gasteiger partial charge in [-0.2, -0.15) is 0 Å². The predicted molar refractivity (Wildman–Crippen MR) is 84.7 cm³/mol. The van der Waals surface area contributed by atoms with Gasteiger partial charge < -0.3 is 19.9 Å². The van der Waals surface area contributed by atoms with Crippen LogP contribution < -0.4 is 10.1 Å². The Labute approximate surface area is 135 Å². The highest BCUT2D eigenvalue weighted by atomic mass is 16.6. The second kappa shape index (κ2) is 6.48. The monoisotopic (exact) mass is 321 g/mol. The first-order valence-electron chi connectivity index (χ1n) is 7.63. The normalized spacial score (nSPS) is 20.1. The van der Waals surface area contributed by atoms with Crippen LogP contribution in [0.5, 0.6) is 5.75 Å². The van der Waals surface area contributed by atoms with Gasteiger partial charge in [-0.05, 0) is 33.3 Å². The van der Waals surface area contributed by atoms with Crippen LogP contribution in [0.3, 0.4) is 0 Å². The number of hydrogen-bond donors (Lipinski definition) is 2. The summed E-state index contributed by atoms with van der Waals surface area (Å²) in [6, 6.07) is 7.36. The second-order valence-electron chi connectivity index (χ2n) is 6.80. The van der Waals surface area contributed by atoms with E-state index in [1.807, 2.05) is 24.3 Å². The van der Waals surface area contributed by atoms with E-state index in [9.17, 15) is 14.7 Å². The highest BCUT2D eigenvalue weighted by Crippen LogP contribution is 2.40. The lowest BCUT2D eigenvalue weighted by atomic mass is 9.73. The molecule has 23 heavy (non-hydrogen) atoms. The molecule has 0 bridgehead atoms. The first-order chi connectivity index (χ1) is 10.7. The Morgan fingerprint density at radius 3 is 2.70 bits per heavy atom. The van der Waals surface area contributed by atoms with Gasteiger partial charge in [-0.3, -0.25) is 4.79 Å². The van der Waals surface area contributed by atoms with Gasteiger partial charge >= 0.3 is 12.1 Å². The third kappa shape index (κ3) is 4.37. The van der Waals surface area contributed by atoms with Crippen molar-refractivity contribution in [2.45, 2.75) is 44.6 Å². The van der Waals surface area contributed by atoms with Gasteiger partial charge in [-0.1, -0.05) is 18.2 Å². The highest BCUT2D eigenvalue weighted by Gasteiger charge is 2.40. The number of amides is 1. The molecule has 0 saturated carbocycles. The average Bonchev–Trinajstić information content (AvgIpc) is 2.43. The van der Waals surface area contributed by atoms with E-state index in [0.29, 0.717) is 18.8 Å². The summed E-state index contributed by atoms with van der Waals surface area (Å²) >= 11 is 0. The van der Waals surface area contributed by atoms with Crippen LogP contribution in [0.4, 0.5) is 4.79 Å². The van der Waals surface area contributed by atoms with E-state index in [4.69, 9.17) is 9.47 Å². The highest BCUT2D eigenvalue weighted by molar-refractivity contribution is 5.71. The number of aliphatic carboxylic acids is 1. The molecule has 0 aliphatic carbocycles. The van der Waals surface area contributed by atoms with Crippen LogP contribution in [0.15, 0.2) is 24.3 Å². The number of carboxylic acids is 1. The molecule has 2 rings (SSSR count). The number of alkyl carbamates (subject to hydrolysis) is 1. The van der Waals surface area contributed by atoms with Crippen LogP contribution in [0.25, 0.3) is 0 Å². The van der Waals surface area contributed by atoms with Gasteiger partial charge in [-0.25, -0.2) is 4.79 Å². The molecule has 1 heterocycles. The van der Waals surface area contributed by atoms with E-state index in [1.165, 1.54) is 0 Å². The molecule has 0 saturated heterocycles. The average molecular weight is 321 g/mol. The maximum Gasteiger partial charge on any atom is 0.407 e. The lowest BCUT2D eigenvalue weighted by Gasteiger charge is -2.38. The van der Waals surface area contributed by atoms with Crippen molar-refractivity contribution in [3.63, 3.8) is 0 Å². The summed E-state index contributed by atoms with van der Waals surface area (Å²) in [7, 11) is 0. The summed E-state index contributed by atoms with van der Waals surface area (Å²) < 4.78 is 10.8. The number of benzene rings is 1. The Morgan fingerprint density at radius 2 is 2.04 bits per heavy atom. The van der Waals surface area contributed by atoms with Gasteiger partial charge in [0.1, 0.15) is 11.4 Å². The summed E-state index contributed by atoms with van der Waals surface area (Å²) in [5.41, 5.74) is -0.487. The molecule has 6 heteroatoms. The Balaban J connectivity index is 2.21.